The van der Waals surface area contributed by atoms with Crippen molar-refractivity contribution in [2.75, 3.05) is 6.61 Å². The van der Waals surface area contributed by atoms with Crippen molar-refractivity contribution >= 4 is 15.9 Å². The average Bonchev–Trinajstić information content (AvgIpc) is 3.02. The van der Waals surface area contributed by atoms with Crippen molar-refractivity contribution in [1.29, 1.82) is 0 Å². The van der Waals surface area contributed by atoms with Gasteiger partial charge in [0.2, 0.25) is 0 Å². The minimum Gasteiger partial charge on any atom is -0.486 e. The second kappa shape index (κ2) is 8.11. The molecular weight excluding hydrogens is 416 g/mol. The number of hydrogen-bond acceptors (Lipinski definition) is 5. The van der Waals surface area contributed by atoms with Crippen molar-refractivity contribution in [2.24, 2.45) is 0 Å². The Labute approximate surface area is 181 Å². The Bertz CT molecular complexity index is 1230. The molecule has 2 heterocycles. The summed E-state index contributed by atoms with van der Waals surface area (Å²) in [6, 6.07) is 15.5. The first-order valence-electron chi connectivity index (χ1n) is 9.93. The highest BCUT2D eigenvalue weighted by Crippen LogP contribution is 2.31. The van der Waals surface area contributed by atoms with Crippen molar-refractivity contribution < 1.29 is 22.7 Å². The molecule has 1 unspecified atom stereocenters. The number of aromatic nitrogens is 1. The molecule has 8 heteroatoms. The summed E-state index contributed by atoms with van der Waals surface area (Å²) in [6.07, 6.45) is -0.230. The van der Waals surface area contributed by atoms with E-state index in [-0.39, 0.29) is 11.0 Å². The van der Waals surface area contributed by atoms with Crippen LogP contribution >= 0.6 is 0 Å². The van der Waals surface area contributed by atoms with Gasteiger partial charge >= 0.3 is 0 Å². The molecular formula is C23H24N2O5S. The van der Waals surface area contributed by atoms with Crippen LogP contribution in [0.1, 0.15) is 27.3 Å². The molecule has 31 heavy (non-hydrogen) atoms. The number of carbonyl (C=O) groups excluding carboxylic acids is 1. The van der Waals surface area contributed by atoms with E-state index in [1.165, 1.54) is 12.1 Å². The van der Waals surface area contributed by atoms with Crippen molar-refractivity contribution in [3.8, 4) is 11.5 Å². The first kappa shape index (κ1) is 21.0. The molecule has 1 amide bonds. The Hall–Kier alpha value is -3.26. The summed E-state index contributed by atoms with van der Waals surface area (Å²) in [4.78, 5) is 12.8. The molecule has 0 aliphatic carbocycles. The van der Waals surface area contributed by atoms with Gasteiger partial charge in [-0.1, -0.05) is 29.8 Å². The number of rotatable bonds is 5. The lowest BCUT2D eigenvalue weighted by Crippen LogP contribution is -2.34. The van der Waals surface area contributed by atoms with E-state index < -0.39 is 15.9 Å². The monoisotopic (exact) mass is 440 g/mol. The molecule has 0 saturated heterocycles. The van der Waals surface area contributed by atoms with Crippen LogP contribution in [0.4, 0.5) is 0 Å². The van der Waals surface area contributed by atoms with Crippen LogP contribution in [0, 0.1) is 20.8 Å². The number of aryl methyl sites for hydroxylation is 2. The summed E-state index contributed by atoms with van der Waals surface area (Å²) < 4.78 is 41.1. The number of nitrogens with zero attached hydrogens (tertiary/aromatic N) is 1. The summed E-state index contributed by atoms with van der Waals surface area (Å²) in [5.41, 5.74) is 2.74. The second-order valence-electron chi connectivity index (χ2n) is 7.64. The number of hydrogen-bond donors (Lipinski definition) is 1. The van der Waals surface area contributed by atoms with E-state index in [2.05, 4.69) is 4.72 Å². The Morgan fingerprint density at radius 1 is 1.06 bits per heavy atom. The Balaban J connectivity index is 1.51. The maximum absolute atomic E-state index is 12.8. The maximum atomic E-state index is 12.8. The number of fused-ring (bicyclic) bond motifs is 1. The molecule has 1 N–H and O–H groups in total. The third kappa shape index (κ3) is 4.29. The smallest absolute Gasteiger partial charge is 0.266 e. The topological polar surface area (TPSA) is 86.6 Å². The number of para-hydroxylation sites is 2. The molecule has 0 fully saturated rings. The van der Waals surface area contributed by atoms with Gasteiger partial charge in [0.15, 0.2) is 17.6 Å². The van der Waals surface area contributed by atoms with E-state index in [9.17, 15) is 13.2 Å². The molecule has 1 aliphatic heterocycles. The normalized spacial score (nSPS) is 15.5. The predicted octanol–water partition coefficient (Wildman–Crippen LogP) is 3.37. The summed E-state index contributed by atoms with van der Waals surface area (Å²) in [7, 11) is -3.96. The number of ether oxygens (including phenoxy) is 2. The Morgan fingerprint density at radius 2 is 1.74 bits per heavy atom. The molecule has 0 bridgehead atoms. The van der Waals surface area contributed by atoms with Crippen LogP contribution in [-0.2, 0) is 16.6 Å². The van der Waals surface area contributed by atoms with Crippen LogP contribution in [0.25, 0.3) is 0 Å². The fourth-order valence-corrected chi connectivity index (χ4v) is 4.59. The molecule has 0 spiro atoms. The van der Waals surface area contributed by atoms with Crippen LogP contribution in [-0.4, -0.2) is 31.6 Å². The Kier molecular flexibility index (Phi) is 5.49. The van der Waals surface area contributed by atoms with E-state index >= 15 is 0 Å². The molecule has 7 nitrogen and oxygen atoms in total. The van der Waals surface area contributed by atoms with Crippen LogP contribution < -0.4 is 14.2 Å². The summed E-state index contributed by atoms with van der Waals surface area (Å²) in [6.45, 7) is 6.39. The van der Waals surface area contributed by atoms with E-state index in [1.54, 1.807) is 25.1 Å². The standard InChI is InChI=1S/C23H24N2O5S/c1-15-8-10-19(11-9-15)31(27,28)24-23(26)20-12-16(2)25(17(20)3)13-18-14-29-21-6-4-5-7-22(21)30-18/h4-12,18H,13-14H2,1-3H3,(H,24,26). The molecule has 0 saturated carbocycles. The van der Waals surface area contributed by atoms with E-state index in [0.717, 1.165) is 11.3 Å². The summed E-state index contributed by atoms with van der Waals surface area (Å²) in [5, 5.41) is 0. The minimum absolute atomic E-state index is 0.0478. The third-order valence-electron chi connectivity index (χ3n) is 5.33. The molecule has 1 aromatic heterocycles. The average molecular weight is 441 g/mol. The van der Waals surface area contributed by atoms with Crippen LogP contribution in [0.3, 0.4) is 0 Å². The summed E-state index contributed by atoms with van der Waals surface area (Å²) >= 11 is 0. The van der Waals surface area contributed by atoms with E-state index in [4.69, 9.17) is 9.47 Å². The van der Waals surface area contributed by atoms with Gasteiger partial charge in [0.25, 0.3) is 15.9 Å². The third-order valence-corrected chi connectivity index (χ3v) is 6.68. The zero-order valence-electron chi connectivity index (χ0n) is 17.6. The van der Waals surface area contributed by atoms with Crippen LogP contribution in [0.5, 0.6) is 11.5 Å². The Morgan fingerprint density at radius 3 is 2.45 bits per heavy atom. The van der Waals surface area contributed by atoms with Gasteiger partial charge in [-0.25, -0.2) is 13.1 Å². The number of carbonyl (C=O) groups is 1. The molecule has 1 aliphatic rings. The van der Waals surface area contributed by atoms with Gasteiger partial charge < -0.3 is 14.0 Å². The fourth-order valence-electron chi connectivity index (χ4n) is 3.62. The van der Waals surface area contributed by atoms with E-state index in [0.29, 0.717) is 35.9 Å². The van der Waals surface area contributed by atoms with Crippen molar-refractivity contribution in [3.63, 3.8) is 0 Å². The molecule has 2 aromatic carbocycles. The van der Waals surface area contributed by atoms with Gasteiger partial charge in [0.1, 0.15) is 6.61 Å². The highest BCUT2D eigenvalue weighted by molar-refractivity contribution is 7.90. The lowest BCUT2D eigenvalue weighted by molar-refractivity contribution is 0.0777. The zero-order valence-corrected chi connectivity index (χ0v) is 18.4. The van der Waals surface area contributed by atoms with Gasteiger partial charge in [0, 0.05) is 11.4 Å². The molecule has 1 atom stereocenters. The maximum Gasteiger partial charge on any atom is 0.266 e. The first-order chi connectivity index (χ1) is 14.7. The zero-order chi connectivity index (χ0) is 22.2. The highest BCUT2D eigenvalue weighted by atomic mass is 32.2. The number of amides is 1. The van der Waals surface area contributed by atoms with Crippen molar-refractivity contribution in [2.45, 2.75) is 38.3 Å². The fraction of sp³-hybridized carbons (Fsp3) is 0.261. The molecule has 162 valence electrons. The molecule has 0 radical (unpaired) electrons. The SMILES string of the molecule is Cc1ccc(S(=O)(=O)NC(=O)c2cc(C)n(CC3COc4ccccc4O3)c2C)cc1. The first-order valence-corrected chi connectivity index (χ1v) is 11.4. The number of benzene rings is 2. The lowest BCUT2D eigenvalue weighted by atomic mass is 10.2. The number of nitrogens with one attached hydrogen (secondary N) is 1. The highest BCUT2D eigenvalue weighted by Gasteiger charge is 2.25. The second-order valence-corrected chi connectivity index (χ2v) is 9.32. The lowest BCUT2D eigenvalue weighted by Gasteiger charge is -2.27. The molecule has 4 rings (SSSR count). The van der Waals surface area contributed by atoms with Gasteiger partial charge in [0.05, 0.1) is 17.0 Å². The van der Waals surface area contributed by atoms with E-state index in [1.807, 2.05) is 42.7 Å². The number of sulfonamides is 1. The minimum atomic E-state index is -3.96. The van der Waals surface area contributed by atoms with Crippen molar-refractivity contribution in [1.82, 2.24) is 9.29 Å². The quantitative estimate of drug-likeness (QED) is 0.657. The van der Waals surface area contributed by atoms with Crippen LogP contribution in [0.15, 0.2) is 59.5 Å². The van der Waals surface area contributed by atoms with Gasteiger partial charge in [-0.15, -0.1) is 0 Å². The molecule has 3 aromatic rings. The van der Waals surface area contributed by atoms with Gasteiger partial charge in [-0.3, -0.25) is 4.79 Å². The summed E-state index contributed by atoms with van der Waals surface area (Å²) in [5.74, 6) is 0.732. The van der Waals surface area contributed by atoms with Crippen molar-refractivity contribution in [3.05, 3.63) is 77.1 Å². The van der Waals surface area contributed by atoms with Crippen LogP contribution in [0.2, 0.25) is 0 Å². The largest absolute Gasteiger partial charge is 0.486 e. The van der Waals surface area contributed by atoms with Gasteiger partial charge in [-0.05, 0) is 51.1 Å². The van der Waals surface area contributed by atoms with Gasteiger partial charge in [-0.2, -0.15) is 0 Å². The predicted molar refractivity (Wildman–Crippen MR) is 116 cm³/mol.